The van der Waals surface area contributed by atoms with Gasteiger partial charge in [-0.05, 0) is 57.5 Å². The van der Waals surface area contributed by atoms with Crippen LogP contribution in [0, 0.1) is 17.6 Å². The highest BCUT2D eigenvalue weighted by molar-refractivity contribution is 6.11. The number of benzene rings is 2. The van der Waals surface area contributed by atoms with Gasteiger partial charge >= 0.3 is 6.18 Å². The smallest absolute Gasteiger partial charge is 0.367 e. The molecule has 1 saturated carbocycles. The Hall–Kier alpha value is -3.64. The van der Waals surface area contributed by atoms with E-state index in [4.69, 9.17) is 0 Å². The van der Waals surface area contributed by atoms with Gasteiger partial charge in [0, 0.05) is 55.6 Å². The number of likely N-dealkylation sites (N-methyl/N-ethyl adjacent to an activating group) is 1. The van der Waals surface area contributed by atoms with Crippen molar-refractivity contribution in [1.82, 2.24) is 10.2 Å². The number of amides is 2. The molecule has 1 unspecified atom stereocenters. The van der Waals surface area contributed by atoms with Gasteiger partial charge in [-0.2, -0.15) is 13.2 Å². The third-order valence-electron chi connectivity index (χ3n) is 9.18. The first-order chi connectivity index (χ1) is 21.3. The summed E-state index contributed by atoms with van der Waals surface area (Å²) in [5, 5.41) is 5.94. The number of dihydropyridines is 1. The van der Waals surface area contributed by atoms with Crippen LogP contribution in [0.1, 0.15) is 51.5 Å². The van der Waals surface area contributed by atoms with E-state index >= 15 is 8.78 Å². The number of aliphatic imine (C=N–C) groups is 1. The molecule has 45 heavy (non-hydrogen) atoms. The average Bonchev–Trinajstić information content (AvgIpc) is 2.99. The van der Waals surface area contributed by atoms with Crippen LogP contribution in [0.5, 0.6) is 0 Å². The van der Waals surface area contributed by atoms with Crippen LogP contribution >= 0.6 is 0 Å². The van der Waals surface area contributed by atoms with E-state index in [1.807, 2.05) is 25.8 Å². The summed E-state index contributed by atoms with van der Waals surface area (Å²) in [6, 6.07) is 7.65. The number of hydrogen-bond acceptors (Lipinski definition) is 5. The third-order valence-corrected chi connectivity index (χ3v) is 9.18. The number of halogens is 5. The van der Waals surface area contributed by atoms with Gasteiger partial charge in [-0.15, -0.1) is 0 Å². The molecule has 242 valence electrons. The number of carbonyl (C=O) groups is 2. The van der Waals surface area contributed by atoms with Crippen molar-refractivity contribution in [3.05, 3.63) is 59.2 Å². The fraction of sp³-hybridized carbons (Fsp3) is 0.485. The molecule has 0 spiro atoms. The fourth-order valence-corrected chi connectivity index (χ4v) is 6.39. The second kappa shape index (κ2) is 13.4. The zero-order valence-electron chi connectivity index (χ0n) is 25.6. The largest absolute Gasteiger partial charge is 0.414 e. The van der Waals surface area contributed by atoms with E-state index in [0.29, 0.717) is 31.1 Å². The molecular formula is C33H38F5N5O2. The van der Waals surface area contributed by atoms with Crippen LogP contribution in [-0.4, -0.2) is 67.4 Å². The first kappa shape index (κ1) is 32.7. The van der Waals surface area contributed by atoms with Crippen molar-refractivity contribution in [2.24, 2.45) is 10.9 Å². The molecule has 0 bridgehead atoms. The minimum atomic E-state index is -4.95. The minimum Gasteiger partial charge on any atom is -0.367 e. The van der Waals surface area contributed by atoms with Crippen LogP contribution < -0.4 is 15.5 Å². The zero-order chi connectivity index (χ0) is 32.5. The summed E-state index contributed by atoms with van der Waals surface area (Å²) in [5.74, 6) is -5.62. The second-order valence-electron chi connectivity index (χ2n) is 12.3. The number of hydrogen-bond donors (Lipinski definition) is 2. The highest BCUT2D eigenvalue weighted by atomic mass is 19.4. The van der Waals surface area contributed by atoms with Gasteiger partial charge in [-0.1, -0.05) is 31.4 Å². The molecule has 12 heteroatoms. The van der Waals surface area contributed by atoms with Crippen molar-refractivity contribution in [2.45, 2.75) is 76.8 Å². The molecule has 5 rings (SSSR count). The predicted molar refractivity (Wildman–Crippen MR) is 164 cm³/mol. The average molecular weight is 632 g/mol. The molecule has 2 aliphatic heterocycles. The summed E-state index contributed by atoms with van der Waals surface area (Å²) >= 11 is 0. The van der Waals surface area contributed by atoms with Crippen LogP contribution in [0.2, 0.25) is 0 Å². The lowest BCUT2D eigenvalue weighted by atomic mass is 9.94. The van der Waals surface area contributed by atoms with Crippen LogP contribution in [0.4, 0.5) is 33.3 Å². The maximum Gasteiger partial charge on any atom is 0.414 e. The van der Waals surface area contributed by atoms with Gasteiger partial charge < -0.3 is 15.5 Å². The number of alkyl halides is 3. The number of nitrogens with zero attached hydrogens (tertiary/aromatic N) is 3. The minimum absolute atomic E-state index is 0.0952. The first-order valence-corrected chi connectivity index (χ1v) is 15.3. The molecule has 1 saturated heterocycles. The Morgan fingerprint density at radius 2 is 1.71 bits per heavy atom. The van der Waals surface area contributed by atoms with Crippen molar-refractivity contribution in [3.63, 3.8) is 0 Å². The van der Waals surface area contributed by atoms with Crippen LogP contribution in [0.15, 0.2) is 47.0 Å². The lowest BCUT2D eigenvalue weighted by Gasteiger charge is -2.44. The summed E-state index contributed by atoms with van der Waals surface area (Å²) in [7, 11) is 1.99. The first-order valence-electron chi connectivity index (χ1n) is 15.3. The molecule has 2 amide bonds. The zero-order valence-corrected chi connectivity index (χ0v) is 25.6. The molecule has 1 aliphatic carbocycles. The quantitative estimate of drug-likeness (QED) is 0.354. The number of nitrogens with one attached hydrogen (secondary N) is 2. The summed E-state index contributed by atoms with van der Waals surface area (Å²) in [4.78, 5) is 32.6. The van der Waals surface area contributed by atoms with Crippen molar-refractivity contribution < 1.29 is 31.5 Å². The molecule has 2 N–H and O–H groups in total. The second-order valence-corrected chi connectivity index (χ2v) is 12.3. The lowest BCUT2D eigenvalue weighted by molar-refractivity contribution is -0.124. The molecule has 2 heterocycles. The topological polar surface area (TPSA) is 77.0 Å². The standard InChI is InChI=1S/C33H38F5N5O2/c1-19-17-43(18-20(2)42(19)3)28-12-10-21(13-27(28)41-32(45)24-16-40-29(44)14-25(24)33(36,37)38)30-26(34)11-9-22(31(30)35)15-39-23-7-5-4-6-8-23/h9-14,16,19-20,23-24,39H,4-8,15,17-18H2,1-3H3,(H,41,45)/t19-,20+,24?. The Bertz CT molecular complexity index is 1490. The van der Waals surface area contributed by atoms with Crippen molar-refractivity contribution in [3.8, 4) is 11.1 Å². The molecule has 2 fully saturated rings. The van der Waals surface area contributed by atoms with Gasteiger partial charge in [0.1, 0.15) is 17.6 Å². The molecule has 7 nitrogen and oxygen atoms in total. The third kappa shape index (κ3) is 7.27. The van der Waals surface area contributed by atoms with E-state index in [1.54, 1.807) is 12.1 Å². The van der Waals surface area contributed by atoms with Crippen LogP contribution in [0.3, 0.4) is 0 Å². The SMILES string of the molecule is C[C@@H]1CN(c2ccc(-c3c(F)ccc(CNC4CCCCC4)c3F)cc2NC(=O)C2C=NC(=O)C=C2C(F)(F)F)C[C@H](C)N1C. The predicted octanol–water partition coefficient (Wildman–Crippen LogP) is 6.24. The van der Waals surface area contributed by atoms with E-state index in [-0.39, 0.29) is 47.0 Å². The molecule has 3 atom stereocenters. The number of anilines is 2. The van der Waals surface area contributed by atoms with Gasteiger partial charge in [0.05, 0.1) is 22.5 Å². The Morgan fingerprint density at radius 1 is 1.02 bits per heavy atom. The highest BCUT2D eigenvalue weighted by Crippen LogP contribution is 2.38. The normalized spacial score (nSPS) is 23.3. The Kier molecular flexibility index (Phi) is 9.74. The van der Waals surface area contributed by atoms with Gasteiger partial charge in [0.15, 0.2) is 0 Å². The van der Waals surface area contributed by atoms with Crippen LogP contribution in [-0.2, 0) is 16.1 Å². The van der Waals surface area contributed by atoms with Gasteiger partial charge in [-0.3, -0.25) is 14.5 Å². The molecule has 0 radical (unpaired) electrons. The van der Waals surface area contributed by atoms with E-state index in [9.17, 15) is 22.8 Å². The van der Waals surface area contributed by atoms with E-state index < -0.39 is 41.1 Å². The fourth-order valence-electron chi connectivity index (χ4n) is 6.39. The summed E-state index contributed by atoms with van der Waals surface area (Å²) < 4.78 is 72.5. The van der Waals surface area contributed by atoms with Gasteiger partial charge in [0.2, 0.25) is 5.91 Å². The van der Waals surface area contributed by atoms with E-state index in [0.717, 1.165) is 25.7 Å². The Balaban J connectivity index is 1.51. The summed E-state index contributed by atoms with van der Waals surface area (Å²) in [6.45, 7) is 5.36. The van der Waals surface area contributed by atoms with Crippen LogP contribution in [0.25, 0.3) is 11.1 Å². The number of piperazine rings is 1. The van der Waals surface area contributed by atoms with Crippen molar-refractivity contribution in [2.75, 3.05) is 30.4 Å². The molecule has 2 aromatic carbocycles. The molecule has 0 aromatic heterocycles. The van der Waals surface area contributed by atoms with Crippen molar-refractivity contribution in [1.29, 1.82) is 0 Å². The van der Waals surface area contributed by atoms with Gasteiger partial charge in [0.25, 0.3) is 5.91 Å². The number of rotatable bonds is 7. The van der Waals surface area contributed by atoms with E-state index in [2.05, 4.69) is 20.5 Å². The summed E-state index contributed by atoms with van der Waals surface area (Å²) in [5.41, 5.74) is -0.626. The maximum atomic E-state index is 15.9. The van der Waals surface area contributed by atoms with Gasteiger partial charge in [-0.25, -0.2) is 13.8 Å². The lowest BCUT2D eigenvalue weighted by Crippen LogP contribution is -2.55. The maximum absolute atomic E-state index is 15.9. The van der Waals surface area contributed by atoms with E-state index in [1.165, 1.54) is 24.6 Å². The monoisotopic (exact) mass is 631 g/mol. The molecular weight excluding hydrogens is 593 g/mol. The number of carbonyl (C=O) groups excluding carboxylic acids is 2. The molecule has 2 aromatic rings. The van der Waals surface area contributed by atoms with Crippen molar-refractivity contribution >= 4 is 29.4 Å². The highest BCUT2D eigenvalue weighted by Gasteiger charge is 2.43. The Labute approximate surface area is 259 Å². The molecule has 3 aliphatic rings. The summed E-state index contributed by atoms with van der Waals surface area (Å²) in [6.07, 6.45) is 1.40. The Morgan fingerprint density at radius 3 is 2.38 bits per heavy atom.